The van der Waals surface area contributed by atoms with Crippen LogP contribution in [0.3, 0.4) is 0 Å². The van der Waals surface area contributed by atoms with Gasteiger partial charge < -0.3 is 9.84 Å². The number of unbranched alkanes of at least 4 members (excludes halogenated alkanes) is 5. The molecule has 1 aromatic carbocycles. The van der Waals surface area contributed by atoms with Crippen molar-refractivity contribution in [3.63, 3.8) is 0 Å². The molecule has 24 heavy (non-hydrogen) atoms. The quantitative estimate of drug-likeness (QED) is 0.341. The van der Waals surface area contributed by atoms with E-state index in [1.165, 1.54) is 25.7 Å². The highest BCUT2D eigenvalue weighted by molar-refractivity contribution is 5.80. The van der Waals surface area contributed by atoms with Gasteiger partial charge in [-0.25, -0.2) is 0 Å². The molecule has 0 aliphatic heterocycles. The van der Waals surface area contributed by atoms with Gasteiger partial charge in [0.15, 0.2) is 0 Å². The van der Waals surface area contributed by atoms with Crippen LogP contribution >= 0.6 is 0 Å². The minimum absolute atomic E-state index is 0.167. The highest BCUT2D eigenvalue weighted by Gasteiger charge is 2.20. The van der Waals surface area contributed by atoms with Crippen molar-refractivity contribution in [1.82, 2.24) is 0 Å². The lowest BCUT2D eigenvalue weighted by Gasteiger charge is -2.11. The monoisotopic (exact) mass is 332 g/mol. The fraction of sp³-hybridized carbons (Fsp3) is 0.500. The number of carboxylic acids is 1. The Morgan fingerprint density at radius 2 is 1.83 bits per heavy atom. The van der Waals surface area contributed by atoms with E-state index in [2.05, 4.69) is 6.92 Å². The Hall–Kier alpha value is -2.10. The number of allylic oxidation sites excluding steroid dienone is 1. The van der Waals surface area contributed by atoms with Crippen molar-refractivity contribution >= 4 is 11.9 Å². The lowest BCUT2D eigenvalue weighted by molar-refractivity contribution is -0.152. The first-order valence-corrected chi connectivity index (χ1v) is 8.72. The molecule has 0 amide bonds. The second-order valence-corrected chi connectivity index (χ2v) is 5.93. The van der Waals surface area contributed by atoms with Crippen LogP contribution in [0.25, 0.3) is 0 Å². The van der Waals surface area contributed by atoms with E-state index in [0.29, 0.717) is 0 Å². The van der Waals surface area contributed by atoms with E-state index in [1.54, 1.807) is 6.08 Å². The Labute approximate surface area is 144 Å². The number of esters is 1. The fourth-order valence-electron chi connectivity index (χ4n) is 2.38. The summed E-state index contributed by atoms with van der Waals surface area (Å²) in [6.45, 7) is 2.35. The number of hydrogen-bond acceptors (Lipinski definition) is 3. The van der Waals surface area contributed by atoms with Gasteiger partial charge >= 0.3 is 11.9 Å². The zero-order valence-electron chi connectivity index (χ0n) is 14.4. The van der Waals surface area contributed by atoms with Crippen molar-refractivity contribution in [2.75, 3.05) is 0 Å². The average molecular weight is 332 g/mol. The third kappa shape index (κ3) is 9.13. The van der Waals surface area contributed by atoms with Gasteiger partial charge in [0.2, 0.25) is 0 Å². The van der Waals surface area contributed by atoms with Gasteiger partial charge in [-0.15, -0.1) is 0 Å². The fourth-order valence-corrected chi connectivity index (χ4v) is 2.38. The van der Waals surface area contributed by atoms with Crippen molar-refractivity contribution in [3.05, 3.63) is 48.0 Å². The molecule has 0 heterocycles. The van der Waals surface area contributed by atoms with E-state index in [-0.39, 0.29) is 13.0 Å². The van der Waals surface area contributed by atoms with E-state index in [1.807, 2.05) is 36.4 Å². The van der Waals surface area contributed by atoms with Crippen molar-refractivity contribution in [1.29, 1.82) is 0 Å². The summed E-state index contributed by atoms with van der Waals surface area (Å²) in [6, 6.07) is 9.37. The van der Waals surface area contributed by atoms with Gasteiger partial charge in [-0.1, -0.05) is 75.1 Å². The zero-order chi connectivity index (χ0) is 17.6. The van der Waals surface area contributed by atoms with Gasteiger partial charge in [0.25, 0.3) is 0 Å². The molecule has 0 spiro atoms. The normalized spacial score (nSPS) is 12.2. The molecule has 0 aliphatic rings. The molecule has 0 radical (unpaired) electrons. The lowest BCUT2D eigenvalue weighted by atomic mass is 10.0. The molecule has 1 unspecified atom stereocenters. The molecular weight excluding hydrogens is 304 g/mol. The summed E-state index contributed by atoms with van der Waals surface area (Å²) in [5.41, 5.74) is 0.889. The predicted octanol–water partition coefficient (Wildman–Crippen LogP) is 4.74. The van der Waals surface area contributed by atoms with Crippen molar-refractivity contribution < 1.29 is 19.4 Å². The first-order valence-electron chi connectivity index (χ1n) is 8.72. The van der Waals surface area contributed by atoms with Crippen molar-refractivity contribution in [2.45, 2.75) is 58.5 Å². The van der Waals surface area contributed by atoms with E-state index in [9.17, 15) is 9.59 Å². The van der Waals surface area contributed by atoms with E-state index in [4.69, 9.17) is 9.84 Å². The van der Waals surface area contributed by atoms with Gasteiger partial charge in [0.05, 0.1) is 12.3 Å². The number of carboxylic acid groups (broad SMARTS) is 1. The topological polar surface area (TPSA) is 63.6 Å². The summed E-state index contributed by atoms with van der Waals surface area (Å²) in [5, 5.41) is 8.98. The number of hydrogen-bond donors (Lipinski definition) is 1. The van der Waals surface area contributed by atoms with Crippen LogP contribution in [-0.2, 0) is 20.9 Å². The first-order chi connectivity index (χ1) is 11.6. The van der Waals surface area contributed by atoms with Crippen LogP contribution in [0.15, 0.2) is 42.5 Å². The van der Waals surface area contributed by atoms with Crippen LogP contribution in [0, 0.1) is 5.92 Å². The highest BCUT2D eigenvalue weighted by atomic mass is 16.5. The molecule has 1 atom stereocenters. The van der Waals surface area contributed by atoms with E-state index in [0.717, 1.165) is 18.4 Å². The molecule has 4 heteroatoms. The Morgan fingerprint density at radius 1 is 1.12 bits per heavy atom. The van der Waals surface area contributed by atoms with Gasteiger partial charge in [-0.3, -0.25) is 9.59 Å². The van der Waals surface area contributed by atoms with Crippen LogP contribution in [0.5, 0.6) is 0 Å². The van der Waals surface area contributed by atoms with Crippen LogP contribution in [-0.4, -0.2) is 17.0 Å². The number of ether oxygens (including phenoxy) is 1. The maximum Gasteiger partial charge on any atom is 0.313 e. The molecule has 1 rings (SSSR count). The lowest BCUT2D eigenvalue weighted by Crippen LogP contribution is -2.19. The van der Waals surface area contributed by atoms with Crippen molar-refractivity contribution in [3.8, 4) is 0 Å². The number of rotatable bonds is 12. The molecule has 0 fully saturated rings. The van der Waals surface area contributed by atoms with Gasteiger partial charge in [0, 0.05) is 0 Å². The molecule has 0 saturated carbocycles. The molecule has 0 aromatic heterocycles. The standard InChI is InChI=1S/C20H28O4/c1-2-3-4-5-6-7-11-14-18(15-19(21)22)20(23)24-16-17-12-9-8-10-13-17/h8-14,18H,2-7,15-16H2,1H3,(H,21,22)/b14-11+. The van der Waals surface area contributed by atoms with E-state index < -0.39 is 17.9 Å². The van der Waals surface area contributed by atoms with Crippen LogP contribution in [0.4, 0.5) is 0 Å². The Bertz CT molecular complexity index is 508. The molecule has 0 bridgehead atoms. The SMILES string of the molecule is CCCCCCC/C=C/C(CC(=O)O)C(=O)OCc1ccccc1. The number of aliphatic carboxylic acids is 1. The third-order valence-electron chi connectivity index (χ3n) is 3.76. The summed E-state index contributed by atoms with van der Waals surface area (Å²) in [7, 11) is 0. The summed E-state index contributed by atoms with van der Waals surface area (Å²) >= 11 is 0. The molecule has 0 saturated heterocycles. The molecule has 132 valence electrons. The van der Waals surface area contributed by atoms with Crippen LogP contribution < -0.4 is 0 Å². The molecule has 4 nitrogen and oxygen atoms in total. The van der Waals surface area contributed by atoms with Gasteiger partial charge in [-0.2, -0.15) is 0 Å². The first kappa shape index (κ1) is 19.9. The van der Waals surface area contributed by atoms with Gasteiger partial charge in [-0.05, 0) is 18.4 Å². The highest BCUT2D eigenvalue weighted by Crippen LogP contribution is 2.12. The maximum absolute atomic E-state index is 12.1. The summed E-state index contributed by atoms with van der Waals surface area (Å²) < 4.78 is 5.25. The predicted molar refractivity (Wildman–Crippen MR) is 94.5 cm³/mol. The third-order valence-corrected chi connectivity index (χ3v) is 3.76. The maximum atomic E-state index is 12.1. The largest absolute Gasteiger partial charge is 0.481 e. The molecular formula is C20H28O4. The molecule has 1 N–H and O–H groups in total. The minimum atomic E-state index is -0.996. The van der Waals surface area contributed by atoms with Gasteiger partial charge in [0.1, 0.15) is 6.61 Å². The number of benzene rings is 1. The van der Waals surface area contributed by atoms with Crippen molar-refractivity contribution in [2.24, 2.45) is 5.92 Å². The van der Waals surface area contributed by atoms with Crippen LogP contribution in [0.1, 0.15) is 57.4 Å². The summed E-state index contributed by atoms with van der Waals surface area (Å²) in [4.78, 5) is 23.1. The summed E-state index contributed by atoms with van der Waals surface area (Å²) in [5.74, 6) is -2.20. The average Bonchev–Trinajstić information content (AvgIpc) is 2.58. The Kier molecular flexibility index (Phi) is 10.3. The Morgan fingerprint density at radius 3 is 2.50 bits per heavy atom. The molecule has 0 aliphatic carbocycles. The second kappa shape index (κ2) is 12.3. The molecule has 1 aromatic rings. The number of carbonyl (C=O) groups excluding carboxylic acids is 1. The minimum Gasteiger partial charge on any atom is -0.481 e. The Balaban J connectivity index is 2.42. The number of carbonyl (C=O) groups is 2. The van der Waals surface area contributed by atoms with E-state index >= 15 is 0 Å². The van der Waals surface area contributed by atoms with Crippen LogP contribution in [0.2, 0.25) is 0 Å². The summed E-state index contributed by atoms with van der Waals surface area (Å²) in [6.07, 6.45) is 10.1. The second-order valence-electron chi connectivity index (χ2n) is 5.93. The smallest absolute Gasteiger partial charge is 0.313 e. The zero-order valence-corrected chi connectivity index (χ0v) is 14.4.